The normalized spacial score (nSPS) is 13.2. The second-order valence-corrected chi connectivity index (χ2v) is 2.37. The highest BCUT2D eigenvalue weighted by molar-refractivity contribution is 9.10. The fourth-order valence-electron chi connectivity index (χ4n) is 0.218. The minimum Gasteiger partial charge on any atom is -0.480 e. The van der Waals surface area contributed by atoms with Gasteiger partial charge in [-0.05, 0) is 0 Å². The molecule has 0 aliphatic heterocycles. The van der Waals surface area contributed by atoms with E-state index in [0.29, 0.717) is 0 Å². The molecular weight excluding hydrogens is 176 g/mol. The molecule has 0 bridgehead atoms. The van der Waals surface area contributed by atoms with E-state index in [1.165, 1.54) is 7.11 Å². The van der Waals surface area contributed by atoms with Crippen LogP contribution in [0.4, 0.5) is 0 Å². The Kier molecular flexibility index (Phi) is 3.81. The highest BCUT2D eigenvalue weighted by Gasteiger charge is 2.10. The number of carbonyl (C=O) groups is 1. The number of halogens is 1. The first kappa shape index (κ1) is 7.91. The van der Waals surface area contributed by atoms with Crippen LogP contribution in [0.2, 0.25) is 0 Å². The van der Waals surface area contributed by atoms with Crippen molar-refractivity contribution in [3.63, 3.8) is 0 Å². The fourth-order valence-corrected chi connectivity index (χ4v) is 0.482. The summed E-state index contributed by atoms with van der Waals surface area (Å²) in [6, 6.07) is 0. The fraction of sp³-hybridized carbons (Fsp3) is 0.750. The Morgan fingerprint density at radius 3 is 2.62 bits per heavy atom. The molecule has 0 radical (unpaired) electrons. The molecule has 3 nitrogen and oxygen atoms in total. The Hall–Kier alpha value is -0.0900. The van der Waals surface area contributed by atoms with Crippen LogP contribution < -0.4 is 0 Å². The number of hydrogen-bond acceptors (Lipinski definition) is 2. The monoisotopic (exact) mass is 182 g/mol. The molecule has 1 N–H and O–H groups in total. The van der Waals surface area contributed by atoms with Crippen LogP contribution in [-0.2, 0) is 9.53 Å². The smallest absolute Gasteiger partial charge is 0.319 e. The molecule has 0 heterocycles. The minimum absolute atomic E-state index is 0.204. The van der Waals surface area contributed by atoms with E-state index in [1.54, 1.807) is 0 Å². The van der Waals surface area contributed by atoms with Crippen molar-refractivity contribution >= 4 is 21.9 Å². The zero-order valence-electron chi connectivity index (χ0n) is 4.43. The number of carboxylic acid groups (broad SMARTS) is 1. The van der Waals surface area contributed by atoms with Crippen molar-refractivity contribution < 1.29 is 14.6 Å². The van der Waals surface area contributed by atoms with Gasteiger partial charge in [-0.3, -0.25) is 4.79 Å². The zero-order chi connectivity index (χ0) is 6.57. The Bertz CT molecular complexity index is 83.4. The van der Waals surface area contributed by atoms with Gasteiger partial charge in [0.25, 0.3) is 0 Å². The quantitative estimate of drug-likeness (QED) is 0.647. The van der Waals surface area contributed by atoms with Crippen molar-refractivity contribution in [2.45, 2.75) is 4.83 Å². The molecule has 0 aliphatic rings. The van der Waals surface area contributed by atoms with Crippen molar-refractivity contribution in [3.8, 4) is 0 Å². The number of alkyl halides is 1. The number of carboxylic acids is 1. The zero-order valence-corrected chi connectivity index (χ0v) is 6.01. The largest absolute Gasteiger partial charge is 0.480 e. The number of methoxy groups -OCH3 is 1. The molecule has 0 aromatic rings. The van der Waals surface area contributed by atoms with Crippen molar-refractivity contribution in [2.24, 2.45) is 0 Å². The first-order chi connectivity index (χ1) is 3.68. The Morgan fingerprint density at radius 2 is 2.50 bits per heavy atom. The lowest BCUT2D eigenvalue weighted by Crippen LogP contribution is -2.17. The van der Waals surface area contributed by atoms with E-state index in [1.807, 2.05) is 0 Å². The first-order valence-electron chi connectivity index (χ1n) is 2.04. The van der Waals surface area contributed by atoms with Crippen molar-refractivity contribution in [1.29, 1.82) is 0 Å². The molecular formula is C4H7BrO3. The van der Waals surface area contributed by atoms with Gasteiger partial charge in [-0.15, -0.1) is 0 Å². The van der Waals surface area contributed by atoms with Crippen molar-refractivity contribution in [1.82, 2.24) is 0 Å². The van der Waals surface area contributed by atoms with Gasteiger partial charge in [0.05, 0.1) is 6.61 Å². The van der Waals surface area contributed by atoms with Crippen molar-refractivity contribution in [3.05, 3.63) is 0 Å². The van der Waals surface area contributed by atoms with Crippen molar-refractivity contribution in [2.75, 3.05) is 13.7 Å². The molecule has 0 aromatic heterocycles. The molecule has 0 spiro atoms. The Labute approximate surface area is 55.8 Å². The second kappa shape index (κ2) is 3.86. The number of aliphatic carboxylic acids is 1. The third-order valence-corrected chi connectivity index (χ3v) is 1.24. The highest BCUT2D eigenvalue weighted by Crippen LogP contribution is 1.97. The van der Waals surface area contributed by atoms with Crippen LogP contribution >= 0.6 is 15.9 Å². The lowest BCUT2D eigenvalue weighted by Gasteiger charge is -1.99. The molecule has 4 heteroatoms. The summed E-state index contributed by atoms with van der Waals surface area (Å²) in [7, 11) is 1.46. The molecule has 0 unspecified atom stereocenters. The van der Waals surface area contributed by atoms with Gasteiger partial charge in [-0.25, -0.2) is 0 Å². The summed E-state index contributed by atoms with van der Waals surface area (Å²) < 4.78 is 4.54. The first-order valence-corrected chi connectivity index (χ1v) is 2.96. The highest BCUT2D eigenvalue weighted by atomic mass is 79.9. The van der Waals surface area contributed by atoms with Gasteiger partial charge in [-0.1, -0.05) is 15.9 Å². The van der Waals surface area contributed by atoms with E-state index >= 15 is 0 Å². The van der Waals surface area contributed by atoms with Gasteiger partial charge in [-0.2, -0.15) is 0 Å². The summed E-state index contributed by atoms with van der Waals surface area (Å²) in [5, 5.41) is 8.19. The Morgan fingerprint density at radius 1 is 2.00 bits per heavy atom. The third kappa shape index (κ3) is 2.98. The number of rotatable bonds is 3. The second-order valence-electron chi connectivity index (χ2n) is 1.26. The van der Waals surface area contributed by atoms with E-state index in [4.69, 9.17) is 5.11 Å². The van der Waals surface area contributed by atoms with Gasteiger partial charge < -0.3 is 9.84 Å². The SMILES string of the molecule is COC[C@@H](Br)C(=O)O. The van der Waals surface area contributed by atoms with Crippen LogP contribution in [0, 0.1) is 0 Å². The molecule has 0 amide bonds. The van der Waals surface area contributed by atoms with Gasteiger partial charge in [0, 0.05) is 7.11 Å². The standard InChI is InChI=1S/C4H7BrO3/c1-8-2-3(5)4(6)7/h3H,2H2,1H3,(H,6,7)/t3-/m1/s1. The Balaban J connectivity index is 3.32. The van der Waals surface area contributed by atoms with E-state index < -0.39 is 10.8 Å². The molecule has 8 heavy (non-hydrogen) atoms. The summed E-state index contributed by atoms with van der Waals surface area (Å²) in [4.78, 5) is 9.39. The maximum atomic E-state index is 9.96. The molecule has 0 aliphatic carbocycles. The van der Waals surface area contributed by atoms with E-state index in [-0.39, 0.29) is 6.61 Å². The summed E-state index contributed by atoms with van der Waals surface area (Å²) in [6.45, 7) is 0.204. The topological polar surface area (TPSA) is 46.5 Å². The van der Waals surface area contributed by atoms with E-state index in [2.05, 4.69) is 20.7 Å². The molecule has 0 rings (SSSR count). The maximum Gasteiger partial charge on any atom is 0.319 e. The summed E-state index contributed by atoms with van der Waals surface area (Å²) in [5.74, 6) is -0.896. The van der Waals surface area contributed by atoms with Crippen LogP contribution in [0.15, 0.2) is 0 Å². The van der Waals surface area contributed by atoms with Crippen LogP contribution in [0.1, 0.15) is 0 Å². The van der Waals surface area contributed by atoms with Crippen LogP contribution in [0.25, 0.3) is 0 Å². The van der Waals surface area contributed by atoms with Gasteiger partial charge >= 0.3 is 5.97 Å². The van der Waals surface area contributed by atoms with Gasteiger partial charge in [0.2, 0.25) is 0 Å². The lowest BCUT2D eigenvalue weighted by molar-refractivity contribution is -0.137. The average molecular weight is 183 g/mol. The van der Waals surface area contributed by atoms with Crippen LogP contribution in [0.3, 0.4) is 0 Å². The summed E-state index contributed by atoms with van der Waals surface area (Å²) >= 11 is 2.88. The number of ether oxygens (including phenoxy) is 1. The average Bonchev–Trinajstić information content (AvgIpc) is 1.67. The molecule has 0 saturated heterocycles. The van der Waals surface area contributed by atoms with E-state index in [0.717, 1.165) is 0 Å². The van der Waals surface area contributed by atoms with Crippen LogP contribution in [-0.4, -0.2) is 29.6 Å². The summed E-state index contributed by atoms with van der Waals surface area (Å²) in [5.41, 5.74) is 0. The van der Waals surface area contributed by atoms with Gasteiger partial charge in [0.15, 0.2) is 0 Å². The predicted molar refractivity (Wildman–Crippen MR) is 32.2 cm³/mol. The molecule has 0 saturated carbocycles. The maximum absolute atomic E-state index is 9.96. The molecule has 0 fully saturated rings. The minimum atomic E-state index is -0.896. The van der Waals surface area contributed by atoms with Crippen LogP contribution in [0.5, 0.6) is 0 Å². The molecule has 0 aromatic carbocycles. The molecule has 1 atom stereocenters. The van der Waals surface area contributed by atoms with E-state index in [9.17, 15) is 4.79 Å². The number of hydrogen-bond donors (Lipinski definition) is 1. The van der Waals surface area contributed by atoms with Gasteiger partial charge in [0.1, 0.15) is 4.83 Å². The molecule has 48 valence electrons. The summed E-state index contributed by atoms with van der Waals surface area (Å²) in [6.07, 6.45) is 0. The third-order valence-electron chi connectivity index (χ3n) is 0.581. The predicted octanol–water partition coefficient (Wildman–Crippen LogP) is 0.481. The lowest BCUT2D eigenvalue weighted by atomic mass is 10.5.